The Morgan fingerprint density at radius 1 is 1.45 bits per heavy atom. The van der Waals surface area contributed by atoms with E-state index in [4.69, 9.17) is 5.73 Å². The van der Waals surface area contributed by atoms with Gasteiger partial charge >= 0.3 is 0 Å². The SMILES string of the molecule is CC(N)C(C)CN=S(C)(C)=O. The van der Waals surface area contributed by atoms with Gasteiger partial charge in [-0.15, -0.1) is 0 Å². The molecule has 0 spiro atoms. The Kier molecular flexibility index (Phi) is 4.03. The minimum Gasteiger partial charge on any atom is -0.328 e. The molecule has 2 N–H and O–H groups in total. The second kappa shape index (κ2) is 4.07. The van der Waals surface area contributed by atoms with Crippen LogP contribution in [0.4, 0.5) is 0 Å². The van der Waals surface area contributed by atoms with Crippen LogP contribution in [0.15, 0.2) is 4.36 Å². The zero-order valence-corrected chi connectivity index (χ0v) is 8.52. The maximum atomic E-state index is 11.1. The Morgan fingerprint density at radius 2 is 1.91 bits per heavy atom. The molecule has 68 valence electrons. The monoisotopic (exact) mass is 178 g/mol. The lowest BCUT2D eigenvalue weighted by Gasteiger charge is -2.12. The molecular weight excluding hydrogens is 160 g/mol. The van der Waals surface area contributed by atoms with Crippen LogP contribution in [0, 0.1) is 5.92 Å². The van der Waals surface area contributed by atoms with E-state index in [1.165, 1.54) is 0 Å². The van der Waals surface area contributed by atoms with Crippen LogP contribution >= 0.6 is 0 Å². The summed E-state index contributed by atoms with van der Waals surface area (Å²) in [6, 6.07) is 0.125. The summed E-state index contributed by atoms with van der Waals surface area (Å²) in [7, 11) is -1.93. The van der Waals surface area contributed by atoms with Crippen molar-refractivity contribution in [3.63, 3.8) is 0 Å². The molecule has 0 aliphatic carbocycles. The number of hydrogen-bond acceptors (Lipinski definition) is 3. The first-order chi connectivity index (χ1) is 4.83. The number of rotatable bonds is 3. The fourth-order valence-electron chi connectivity index (χ4n) is 0.463. The van der Waals surface area contributed by atoms with Crippen LogP contribution in [-0.2, 0) is 9.73 Å². The molecule has 0 saturated carbocycles. The maximum Gasteiger partial charge on any atom is 0.0524 e. The van der Waals surface area contributed by atoms with E-state index in [-0.39, 0.29) is 6.04 Å². The molecule has 3 nitrogen and oxygen atoms in total. The largest absolute Gasteiger partial charge is 0.328 e. The summed E-state index contributed by atoms with van der Waals surface area (Å²) < 4.78 is 15.1. The van der Waals surface area contributed by atoms with Crippen LogP contribution in [-0.4, -0.2) is 29.3 Å². The summed E-state index contributed by atoms with van der Waals surface area (Å²) in [4.78, 5) is 0. The van der Waals surface area contributed by atoms with Crippen molar-refractivity contribution in [3.05, 3.63) is 0 Å². The summed E-state index contributed by atoms with van der Waals surface area (Å²) in [6.07, 6.45) is 3.28. The predicted octanol–water partition coefficient (Wildman–Crippen LogP) is 0.697. The third-order valence-corrected chi connectivity index (χ3v) is 2.34. The maximum absolute atomic E-state index is 11.1. The van der Waals surface area contributed by atoms with Crippen LogP contribution in [0.5, 0.6) is 0 Å². The lowest BCUT2D eigenvalue weighted by molar-refractivity contribution is 0.496. The van der Waals surface area contributed by atoms with E-state index in [0.717, 1.165) is 0 Å². The van der Waals surface area contributed by atoms with Crippen molar-refractivity contribution in [2.45, 2.75) is 19.9 Å². The molecule has 0 aromatic rings. The molecule has 0 aromatic carbocycles. The van der Waals surface area contributed by atoms with Crippen molar-refractivity contribution in [3.8, 4) is 0 Å². The van der Waals surface area contributed by atoms with E-state index in [1.54, 1.807) is 12.5 Å². The van der Waals surface area contributed by atoms with Gasteiger partial charge in [0.1, 0.15) is 0 Å². The standard InChI is InChI=1S/C7H18N2OS/c1-6(7(2)8)5-9-11(3,4)10/h6-7H,5,8H2,1-4H3. The molecular formula is C7H18N2OS. The van der Waals surface area contributed by atoms with Gasteiger partial charge in [-0.1, -0.05) is 6.92 Å². The lowest BCUT2D eigenvalue weighted by Crippen LogP contribution is -2.26. The molecule has 0 aliphatic rings. The number of nitrogens with zero attached hydrogens (tertiary/aromatic N) is 1. The minimum atomic E-state index is -1.93. The van der Waals surface area contributed by atoms with Crippen molar-refractivity contribution in [1.29, 1.82) is 0 Å². The van der Waals surface area contributed by atoms with Crippen molar-refractivity contribution in [1.82, 2.24) is 0 Å². The molecule has 4 heteroatoms. The average molecular weight is 178 g/mol. The topological polar surface area (TPSA) is 55.4 Å². The van der Waals surface area contributed by atoms with Gasteiger partial charge in [0.15, 0.2) is 0 Å². The number of hydrogen-bond donors (Lipinski definition) is 1. The molecule has 2 atom stereocenters. The molecule has 2 unspecified atom stereocenters. The molecule has 0 heterocycles. The van der Waals surface area contributed by atoms with Gasteiger partial charge in [0.25, 0.3) is 0 Å². The zero-order valence-electron chi connectivity index (χ0n) is 7.70. The van der Waals surface area contributed by atoms with Crippen LogP contribution in [0.2, 0.25) is 0 Å². The van der Waals surface area contributed by atoms with Gasteiger partial charge in [0, 0.05) is 28.3 Å². The first-order valence-corrected chi connectivity index (χ1v) is 6.04. The normalized spacial score (nSPS) is 17.5. The van der Waals surface area contributed by atoms with E-state index in [2.05, 4.69) is 4.36 Å². The van der Waals surface area contributed by atoms with Crippen LogP contribution in [0.3, 0.4) is 0 Å². The fraction of sp³-hybridized carbons (Fsp3) is 1.00. The van der Waals surface area contributed by atoms with Crippen molar-refractivity contribution in [2.24, 2.45) is 16.0 Å². The Morgan fingerprint density at radius 3 is 2.18 bits per heavy atom. The van der Waals surface area contributed by atoms with E-state index in [1.807, 2.05) is 13.8 Å². The van der Waals surface area contributed by atoms with Gasteiger partial charge in [-0.3, -0.25) is 4.21 Å². The zero-order chi connectivity index (χ0) is 9.07. The minimum absolute atomic E-state index is 0.125. The van der Waals surface area contributed by atoms with Gasteiger partial charge in [-0.2, -0.15) is 0 Å². The third-order valence-electron chi connectivity index (χ3n) is 1.57. The van der Waals surface area contributed by atoms with Crippen LogP contribution in [0.25, 0.3) is 0 Å². The summed E-state index contributed by atoms with van der Waals surface area (Å²) in [5.74, 6) is 0.315. The molecule has 0 rings (SSSR count). The Labute approximate surface area is 69.5 Å². The van der Waals surface area contributed by atoms with E-state index in [9.17, 15) is 4.21 Å². The Bertz CT molecular complexity index is 208. The molecule has 0 aliphatic heterocycles. The highest BCUT2D eigenvalue weighted by molar-refractivity contribution is 7.92. The molecule has 0 amide bonds. The summed E-state index contributed by atoms with van der Waals surface area (Å²) in [6.45, 7) is 4.55. The molecule has 0 bridgehead atoms. The molecule has 0 fully saturated rings. The second-order valence-electron chi connectivity index (χ2n) is 3.33. The van der Waals surface area contributed by atoms with Crippen molar-refractivity contribution >= 4 is 9.73 Å². The van der Waals surface area contributed by atoms with Gasteiger partial charge in [-0.05, 0) is 12.8 Å². The lowest BCUT2D eigenvalue weighted by atomic mass is 10.1. The molecule has 0 radical (unpaired) electrons. The van der Waals surface area contributed by atoms with Gasteiger partial charge in [-0.25, -0.2) is 4.36 Å². The van der Waals surface area contributed by atoms with E-state index >= 15 is 0 Å². The highest BCUT2D eigenvalue weighted by atomic mass is 32.2. The van der Waals surface area contributed by atoms with E-state index in [0.29, 0.717) is 12.5 Å². The smallest absolute Gasteiger partial charge is 0.0524 e. The molecule has 0 saturated heterocycles. The first kappa shape index (κ1) is 10.9. The third kappa shape index (κ3) is 6.31. The van der Waals surface area contributed by atoms with Gasteiger partial charge < -0.3 is 5.73 Å². The van der Waals surface area contributed by atoms with Crippen LogP contribution in [0.1, 0.15) is 13.8 Å². The van der Waals surface area contributed by atoms with Gasteiger partial charge in [0.05, 0.1) is 6.54 Å². The summed E-state index contributed by atoms with van der Waals surface area (Å²) in [5, 5.41) is 0. The molecule has 11 heavy (non-hydrogen) atoms. The average Bonchev–Trinajstić information content (AvgIpc) is 1.80. The number of nitrogens with two attached hydrogens (primary N) is 1. The molecule has 0 aromatic heterocycles. The second-order valence-corrected chi connectivity index (χ2v) is 5.95. The summed E-state index contributed by atoms with van der Waals surface area (Å²) in [5.41, 5.74) is 5.61. The first-order valence-electron chi connectivity index (χ1n) is 3.71. The fourth-order valence-corrected chi connectivity index (χ4v) is 1.06. The van der Waals surface area contributed by atoms with E-state index < -0.39 is 9.73 Å². The van der Waals surface area contributed by atoms with Crippen LogP contribution < -0.4 is 5.73 Å². The van der Waals surface area contributed by atoms with Crippen molar-refractivity contribution < 1.29 is 4.21 Å². The highest BCUT2D eigenvalue weighted by Crippen LogP contribution is 2.01. The highest BCUT2D eigenvalue weighted by Gasteiger charge is 2.06. The summed E-state index contributed by atoms with van der Waals surface area (Å²) >= 11 is 0. The van der Waals surface area contributed by atoms with Crippen molar-refractivity contribution in [2.75, 3.05) is 19.1 Å². The quantitative estimate of drug-likeness (QED) is 0.691. The van der Waals surface area contributed by atoms with Gasteiger partial charge in [0.2, 0.25) is 0 Å². The predicted molar refractivity (Wildman–Crippen MR) is 50.1 cm³/mol. The Hall–Kier alpha value is -0.0900. The Balaban J connectivity index is 4.00.